The van der Waals surface area contributed by atoms with Crippen molar-refractivity contribution in [2.45, 2.75) is 119 Å². The Morgan fingerprint density at radius 1 is 1.10 bits per heavy atom. The van der Waals surface area contributed by atoms with Gasteiger partial charge in [-0.3, -0.25) is 0 Å². The van der Waals surface area contributed by atoms with Gasteiger partial charge in [0, 0.05) is 55.8 Å². The first-order chi connectivity index (χ1) is 19.3. The number of fused-ring (bicyclic) bond motifs is 5. The minimum absolute atomic E-state index is 0.0133. The van der Waals surface area contributed by atoms with E-state index in [-0.39, 0.29) is 30.0 Å². The molecule has 0 radical (unpaired) electrons. The van der Waals surface area contributed by atoms with E-state index in [1.807, 2.05) is 6.07 Å². The summed E-state index contributed by atoms with van der Waals surface area (Å²) < 4.78 is 19.5. The number of hydrogen-bond acceptors (Lipinski definition) is 6. The van der Waals surface area contributed by atoms with Crippen LogP contribution in [0.1, 0.15) is 88.3 Å². The van der Waals surface area contributed by atoms with Gasteiger partial charge >= 0.3 is 0 Å². The van der Waals surface area contributed by atoms with Gasteiger partial charge in [0.15, 0.2) is 11.9 Å². The minimum Gasteiger partial charge on any atom is -0.386 e. The Balaban J connectivity index is 1.27. The highest BCUT2D eigenvalue weighted by Crippen LogP contribution is 2.78. The zero-order chi connectivity index (χ0) is 28.4. The van der Waals surface area contributed by atoms with Crippen LogP contribution in [0.3, 0.4) is 0 Å². The predicted octanol–water partition coefficient (Wildman–Crippen LogP) is 4.67. The average Bonchev–Trinajstić information content (AvgIpc) is 3.35. The Bertz CT molecular complexity index is 1650. The van der Waals surface area contributed by atoms with Gasteiger partial charge in [0.25, 0.3) is 0 Å². The van der Waals surface area contributed by atoms with Gasteiger partial charge in [-0.1, -0.05) is 37.6 Å². The quantitative estimate of drug-likeness (QED) is 0.267. The molecule has 1 aromatic carbocycles. The first kappa shape index (κ1) is 24.9. The second-order valence-corrected chi connectivity index (χ2v) is 16.0. The summed E-state index contributed by atoms with van der Waals surface area (Å²) in [6.07, 6.45) is 2.33. The van der Waals surface area contributed by atoms with Crippen LogP contribution in [0.5, 0.6) is 0 Å². The number of aromatic nitrogens is 1. The molecule has 3 aliphatic heterocycles. The lowest BCUT2D eigenvalue weighted by atomic mass is 9.41. The Labute approximate surface area is 244 Å². The van der Waals surface area contributed by atoms with Crippen molar-refractivity contribution in [2.75, 3.05) is 0 Å². The number of ether oxygens (including phenoxy) is 3. The fourth-order valence-electron chi connectivity index (χ4n) is 12.2. The molecule has 7 nitrogen and oxygen atoms in total. The maximum atomic E-state index is 12.9. The monoisotopic (exact) mass is 579 g/mol. The summed E-state index contributed by atoms with van der Waals surface area (Å²) >= 11 is 7.01. The number of halogens is 1. The SMILES string of the molecule is C=C1Cc2c(Cl)cc3[nH]c4c5c3c2[C@@]2(O)[C@@H]1C[C@H]2C(C)(C)O[C@H]5[C@@H]1CC[C@@]2(O)[C@@]35O[C@@H]3[C@H](O)O[C@H]5CC[C@]2(C)[C@@]41C. The van der Waals surface area contributed by atoms with E-state index < -0.39 is 45.6 Å². The third-order valence-corrected chi connectivity index (χ3v) is 14.7. The number of H-pyrrole nitrogens is 1. The summed E-state index contributed by atoms with van der Waals surface area (Å²) in [7, 11) is 0. The lowest BCUT2D eigenvalue weighted by molar-refractivity contribution is -0.277. The maximum absolute atomic E-state index is 12.9. The van der Waals surface area contributed by atoms with Crippen LogP contribution < -0.4 is 0 Å². The zero-order valence-electron chi connectivity index (χ0n) is 24.0. The molecule has 5 fully saturated rings. The highest BCUT2D eigenvalue weighted by Gasteiger charge is 2.88. The highest BCUT2D eigenvalue weighted by molar-refractivity contribution is 6.32. The zero-order valence-corrected chi connectivity index (χ0v) is 24.8. The number of aliphatic hydroxyl groups is 3. The molecule has 0 bridgehead atoms. The van der Waals surface area contributed by atoms with Crippen molar-refractivity contribution in [3.8, 4) is 0 Å². The van der Waals surface area contributed by atoms with Gasteiger partial charge in [-0.05, 0) is 69.6 Å². The van der Waals surface area contributed by atoms with E-state index in [4.69, 9.17) is 25.8 Å². The molecule has 0 amide bonds. The summed E-state index contributed by atoms with van der Waals surface area (Å²) in [6.45, 7) is 13.2. The first-order valence-electron chi connectivity index (χ1n) is 15.4. The topological polar surface area (TPSA) is 107 Å². The molecule has 218 valence electrons. The lowest BCUT2D eigenvalue weighted by Crippen LogP contribution is -2.73. The van der Waals surface area contributed by atoms with Crippen molar-refractivity contribution in [3.63, 3.8) is 0 Å². The van der Waals surface area contributed by atoms with Crippen LogP contribution in [-0.2, 0) is 31.6 Å². The smallest absolute Gasteiger partial charge is 0.184 e. The molecule has 0 unspecified atom stereocenters. The molecule has 5 aliphatic carbocycles. The third kappa shape index (κ3) is 2.18. The van der Waals surface area contributed by atoms with E-state index in [2.05, 4.69) is 39.3 Å². The fraction of sp³-hybridized carbons (Fsp3) is 0.697. The van der Waals surface area contributed by atoms with Crippen molar-refractivity contribution in [1.29, 1.82) is 0 Å². The van der Waals surface area contributed by atoms with Gasteiger partial charge in [0.05, 0.1) is 17.8 Å². The summed E-state index contributed by atoms with van der Waals surface area (Å²) in [4.78, 5) is 3.84. The lowest BCUT2D eigenvalue weighted by Gasteiger charge is -2.65. The van der Waals surface area contributed by atoms with Crippen molar-refractivity contribution in [2.24, 2.45) is 23.2 Å². The van der Waals surface area contributed by atoms with Gasteiger partial charge in [-0.2, -0.15) is 0 Å². The minimum atomic E-state index is -1.17. The van der Waals surface area contributed by atoms with Crippen LogP contribution in [0.4, 0.5) is 0 Å². The molecule has 3 saturated carbocycles. The number of aromatic amines is 1. The van der Waals surface area contributed by atoms with Gasteiger partial charge in [0.2, 0.25) is 0 Å². The Morgan fingerprint density at radius 3 is 2.63 bits per heavy atom. The maximum Gasteiger partial charge on any atom is 0.184 e. The van der Waals surface area contributed by atoms with Crippen LogP contribution in [0.15, 0.2) is 18.2 Å². The molecule has 8 heteroatoms. The molecule has 8 aliphatic rings. The van der Waals surface area contributed by atoms with Crippen molar-refractivity contribution < 1.29 is 29.5 Å². The van der Waals surface area contributed by atoms with Gasteiger partial charge in [-0.25, -0.2) is 0 Å². The van der Waals surface area contributed by atoms with Crippen LogP contribution >= 0.6 is 11.6 Å². The standard InChI is InChI=1S/C33H38ClNO6/c1-13-10-14-17(34)12-18-21-22-24(40-28(2,3)19-11-16(13)32(19,38)23(14)21)15-6-9-31(37)29(4,30(15,5)25(22)35-18)8-7-20-33(31)26(41-33)27(36)39-20/h12,15-16,19-20,24,26-27,35-38H,1,6-11H2,2-5H3/t15-,16+,19-,20-,24-,26+,27+,29+,30+,31-,32+,33-/m0/s1. The summed E-state index contributed by atoms with van der Waals surface area (Å²) in [5.74, 6) is 0.0293. The second kappa shape index (κ2) is 6.63. The van der Waals surface area contributed by atoms with Crippen molar-refractivity contribution in [1.82, 2.24) is 4.98 Å². The van der Waals surface area contributed by atoms with Crippen LogP contribution in [0, 0.1) is 23.2 Å². The van der Waals surface area contributed by atoms with Crippen molar-refractivity contribution in [3.05, 3.63) is 45.6 Å². The number of nitrogens with one attached hydrogen (secondary N) is 1. The van der Waals surface area contributed by atoms with Gasteiger partial charge < -0.3 is 34.5 Å². The first-order valence-corrected chi connectivity index (χ1v) is 15.8. The van der Waals surface area contributed by atoms with E-state index in [9.17, 15) is 15.3 Å². The molecule has 4 heterocycles. The third-order valence-electron chi connectivity index (χ3n) is 14.3. The molecule has 10 rings (SSSR count). The van der Waals surface area contributed by atoms with E-state index in [0.29, 0.717) is 24.3 Å². The van der Waals surface area contributed by atoms with Crippen molar-refractivity contribution >= 4 is 22.5 Å². The molecular weight excluding hydrogens is 542 g/mol. The molecule has 1 spiro atoms. The van der Waals surface area contributed by atoms with Crippen LogP contribution in [-0.4, -0.2) is 55.6 Å². The van der Waals surface area contributed by atoms with Gasteiger partial charge in [0.1, 0.15) is 17.3 Å². The summed E-state index contributed by atoms with van der Waals surface area (Å²) in [5.41, 5.74) is 1.41. The fourth-order valence-corrected chi connectivity index (χ4v) is 12.5. The number of benzene rings is 1. The number of hydrogen-bond donors (Lipinski definition) is 4. The molecule has 4 N–H and O–H groups in total. The molecule has 41 heavy (non-hydrogen) atoms. The predicted molar refractivity (Wildman–Crippen MR) is 150 cm³/mol. The summed E-state index contributed by atoms with van der Waals surface area (Å²) in [6, 6.07) is 2.02. The summed E-state index contributed by atoms with van der Waals surface area (Å²) in [5, 5.41) is 38.0. The molecule has 2 aromatic rings. The molecule has 1 aromatic heterocycles. The molecular formula is C33H38ClNO6. The molecule has 12 atom stereocenters. The van der Waals surface area contributed by atoms with E-state index in [0.717, 1.165) is 58.1 Å². The normalized spacial score (nSPS) is 54.4. The van der Waals surface area contributed by atoms with E-state index in [1.165, 1.54) is 0 Å². The highest BCUT2D eigenvalue weighted by atomic mass is 35.5. The molecule has 2 saturated heterocycles. The van der Waals surface area contributed by atoms with Crippen LogP contribution in [0.25, 0.3) is 10.9 Å². The van der Waals surface area contributed by atoms with Crippen LogP contribution in [0.2, 0.25) is 5.02 Å². The second-order valence-electron chi connectivity index (χ2n) is 15.6. The largest absolute Gasteiger partial charge is 0.386 e. The average molecular weight is 580 g/mol. The van der Waals surface area contributed by atoms with Gasteiger partial charge in [-0.15, -0.1) is 0 Å². The Hall–Kier alpha value is -1.45. The van der Waals surface area contributed by atoms with E-state index >= 15 is 0 Å². The Morgan fingerprint density at radius 2 is 1.88 bits per heavy atom. The number of aliphatic hydroxyl groups excluding tert-OH is 1. The number of rotatable bonds is 0. The van der Waals surface area contributed by atoms with E-state index in [1.54, 1.807) is 0 Å². The number of epoxide rings is 1. The Kier molecular flexibility index (Phi) is 4.03.